The molecule has 2 heterocycles. The van der Waals surface area contributed by atoms with E-state index in [1.165, 1.54) is 12.8 Å². The molecular weight excluding hydrogens is 404 g/mol. The van der Waals surface area contributed by atoms with Gasteiger partial charge in [-0.2, -0.15) is 0 Å². The average molecular weight is 437 g/mol. The second-order valence-corrected chi connectivity index (χ2v) is 8.88. The van der Waals surface area contributed by atoms with Crippen LogP contribution in [0.15, 0.2) is 30.3 Å². The maximum Gasteiger partial charge on any atom is 0.260 e. The molecule has 1 aromatic carbocycles. The molecule has 7 nitrogen and oxygen atoms in total. The van der Waals surface area contributed by atoms with E-state index in [0.29, 0.717) is 31.3 Å². The lowest BCUT2D eigenvalue weighted by molar-refractivity contribution is -0.132. The molecule has 1 aromatic heterocycles. The van der Waals surface area contributed by atoms with Gasteiger partial charge in [-0.05, 0) is 45.2 Å². The summed E-state index contributed by atoms with van der Waals surface area (Å²) in [5.41, 5.74) is 2.61. The molecule has 0 spiro atoms. The number of para-hydroxylation sites is 1. The van der Waals surface area contributed by atoms with Crippen molar-refractivity contribution < 1.29 is 14.3 Å². The van der Waals surface area contributed by atoms with Gasteiger partial charge < -0.3 is 15.0 Å². The minimum atomic E-state index is -0.0231. The Morgan fingerprint density at radius 1 is 1.06 bits per heavy atom. The number of carbonyl (C=O) groups excluding carboxylic acids is 2. The van der Waals surface area contributed by atoms with Crippen LogP contribution in [0, 0.1) is 13.8 Å². The predicted molar refractivity (Wildman–Crippen MR) is 121 cm³/mol. The molecule has 2 aliphatic rings. The average Bonchev–Trinajstić information content (AvgIpc) is 3.47. The highest BCUT2D eigenvalue weighted by Gasteiger charge is 2.30. The molecule has 4 rings (SSSR count). The molecule has 0 bridgehead atoms. The van der Waals surface area contributed by atoms with E-state index in [1.54, 1.807) is 0 Å². The number of rotatable bonds is 7. The van der Waals surface area contributed by atoms with Crippen LogP contribution in [0.1, 0.15) is 60.8 Å². The molecular formula is C25H32N4O3. The van der Waals surface area contributed by atoms with Crippen LogP contribution in [0.3, 0.4) is 0 Å². The molecule has 0 radical (unpaired) electrons. The van der Waals surface area contributed by atoms with Crippen LogP contribution in [-0.4, -0.2) is 52.4 Å². The summed E-state index contributed by atoms with van der Waals surface area (Å²) >= 11 is 0. The second-order valence-electron chi connectivity index (χ2n) is 8.88. The summed E-state index contributed by atoms with van der Waals surface area (Å²) in [5.74, 6) is 1.59. The van der Waals surface area contributed by atoms with Crippen LogP contribution in [0.25, 0.3) is 0 Å². The zero-order chi connectivity index (χ0) is 22.5. The maximum atomic E-state index is 12.6. The van der Waals surface area contributed by atoms with Crippen LogP contribution < -0.4 is 10.1 Å². The third-order valence-corrected chi connectivity index (χ3v) is 6.51. The second kappa shape index (κ2) is 10.1. The van der Waals surface area contributed by atoms with Crippen LogP contribution in [0.5, 0.6) is 5.75 Å². The molecule has 170 valence electrons. The van der Waals surface area contributed by atoms with Gasteiger partial charge in [-0.15, -0.1) is 0 Å². The summed E-state index contributed by atoms with van der Waals surface area (Å²) in [6.45, 7) is 5.20. The van der Waals surface area contributed by atoms with E-state index in [-0.39, 0.29) is 24.3 Å². The largest absolute Gasteiger partial charge is 0.484 e. The number of ether oxygens (including phenoxy) is 1. The summed E-state index contributed by atoms with van der Waals surface area (Å²) in [4.78, 5) is 36.3. The first kappa shape index (κ1) is 22.2. The lowest BCUT2D eigenvalue weighted by Gasteiger charge is -2.18. The smallest absolute Gasteiger partial charge is 0.260 e. The summed E-state index contributed by atoms with van der Waals surface area (Å²) in [6, 6.07) is 9.68. The number of aryl methyl sites for hydroxylation is 2. The van der Waals surface area contributed by atoms with Gasteiger partial charge >= 0.3 is 0 Å². The lowest BCUT2D eigenvalue weighted by Crippen LogP contribution is -2.34. The van der Waals surface area contributed by atoms with Crippen molar-refractivity contribution in [2.45, 2.75) is 64.3 Å². The molecule has 2 fully saturated rings. The monoisotopic (exact) mass is 436 g/mol. The Balaban J connectivity index is 1.33. The van der Waals surface area contributed by atoms with Crippen molar-refractivity contribution in [1.82, 2.24) is 20.2 Å². The van der Waals surface area contributed by atoms with Gasteiger partial charge in [0.15, 0.2) is 6.61 Å². The fraction of sp³-hybridized carbons (Fsp3) is 0.520. The first-order chi connectivity index (χ1) is 15.5. The minimum absolute atomic E-state index is 0.0231. The normalized spacial score (nSPS) is 18.7. The zero-order valence-electron chi connectivity index (χ0n) is 19.0. The molecule has 1 atom stereocenters. The van der Waals surface area contributed by atoms with Gasteiger partial charge in [-0.1, -0.05) is 31.0 Å². The van der Waals surface area contributed by atoms with E-state index in [2.05, 4.69) is 5.32 Å². The number of hydrogen-bond acceptors (Lipinski definition) is 5. The molecule has 2 amide bonds. The Bertz CT molecular complexity index is 934. The molecule has 7 heteroatoms. The molecule has 0 unspecified atom stereocenters. The van der Waals surface area contributed by atoms with E-state index in [1.807, 2.05) is 49.1 Å². The van der Waals surface area contributed by atoms with Crippen LogP contribution in [0.4, 0.5) is 0 Å². The quantitative estimate of drug-likeness (QED) is 0.721. The molecule has 1 N–H and O–H groups in total. The zero-order valence-corrected chi connectivity index (χ0v) is 19.0. The number of carbonyl (C=O) groups is 2. The summed E-state index contributed by atoms with van der Waals surface area (Å²) < 4.78 is 5.60. The van der Waals surface area contributed by atoms with Crippen molar-refractivity contribution in [3.8, 4) is 5.75 Å². The Labute approximate surface area is 189 Å². The van der Waals surface area contributed by atoms with Gasteiger partial charge in [-0.3, -0.25) is 9.59 Å². The Morgan fingerprint density at radius 2 is 1.75 bits per heavy atom. The van der Waals surface area contributed by atoms with Gasteiger partial charge in [-0.25, -0.2) is 9.97 Å². The van der Waals surface area contributed by atoms with Gasteiger partial charge in [0.05, 0.1) is 6.42 Å². The Hall–Kier alpha value is -2.96. The van der Waals surface area contributed by atoms with Crippen molar-refractivity contribution in [2.24, 2.45) is 0 Å². The summed E-state index contributed by atoms with van der Waals surface area (Å²) in [5, 5.41) is 3.14. The molecule has 1 aliphatic heterocycles. The number of hydrogen-bond donors (Lipinski definition) is 1. The number of likely N-dealkylation sites (tertiary alicyclic amines) is 1. The van der Waals surface area contributed by atoms with E-state index in [4.69, 9.17) is 14.7 Å². The summed E-state index contributed by atoms with van der Waals surface area (Å²) in [7, 11) is 0. The molecule has 1 saturated carbocycles. The fourth-order valence-corrected chi connectivity index (χ4v) is 4.66. The number of nitrogens with zero attached hydrogens (tertiary/aromatic N) is 3. The Kier molecular flexibility index (Phi) is 7.02. The van der Waals surface area contributed by atoms with Gasteiger partial charge in [0.2, 0.25) is 5.91 Å². The van der Waals surface area contributed by atoms with Crippen molar-refractivity contribution in [3.05, 3.63) is 53.1 Å². The third-order valence-electron chi connectivity index (χ3n) is 6.51. The van der Waals surface area contributed by atoms with Gasteiger partial charge in [0.1, 0.15) is 11.6 Å². The van der Waals surface area contributed by atoms with E-state index in [9.17, 15) is 9.59 Å². The van der Waals surface area contributed by atoms with E-state index in [0.717, 1.165) is 42.0 Å². The fourth-order valence-electron chi connectivity index (χ4n) is 4.66. The molecule has 2 aromatic rings. The number of benzene rings is 1. The number of aromatic nitrogens is 2. The van der Waals surface area contributed by atoms with E-state index >= 15 is 0 Å². The highest BCUT2D eigenvalue weighted by molar-refractivity contribution is 5.79. The molecule has 32 heavy (non-hydrogen) atoms. The van der Waals surface area contributed by atoms with Crippen LogP contribution >= 0.6 is 0 Å². The van der Waals surface area contributed by atoms with Crippen LogP contribution in [-0.2, 0) is 16.0 Å². The molecule has 1 saturated heterocycles. The first-order valence-corrected chi connectivity index (χ1v) is 11.6. The standard InChI is InChI=1S/C25H32N4O3/c1-17-22(14-23(30)28-20-8-6-7-9-20)18(2)27-25(26-17)19-12-13-29(15-19)24(31)16-32-21-10-4-3-5-11-21/h3-5,10-11,19-20H,6-9,12-16H2,1-2H3,(H,28,30)/t19-/m1/s1. The van der Waals surface area contributed by atoms with Gasteiger partial charge in [0, 0.05) is 42.0 Å². The lowest BCUT2D eigenvalue weighted by atomic mass is 10.0. The highest BCUT2D eigenvalue weighted by atomic mass is 16.5. The van der Waals surface area contributed by atoms with Crippen molar-refractivity contribution in [2.75, 3.05) is 19.7 Å². The van der Waals surface area contributed by atoms with Crippen LogP contribution in [0.2, 0.25) is 0 Å². The van der Waals surface area contributed by atoms with E-state index < -0.39 is 0 Å². The highest BCUT2D eigenvalue weighted by Crippen LogP contribution is 2.26. The number of nitrogens with one attached hydrogen (secondary N) is 1. The van der Waals surface area contributed by atoms with Crippen molar-refractivity contribution in [3.63, 3.8) is 0 Å². The SMILES string of the molecule is Cc1nc([C@@H]2CCN(C(=O)COc3ccccc3)C2)nc(C)c1CC(=O)NC1CCCC1. The first-order valence-electron chi connectivity index (χ1n) is 11.6. The maximum absolute atomic E-state index is 12.6. The minimum Gasteiger partial charge on any atom is -0.484 e. The topological polar surface area (TPSA) is 84.4 Å². The third kappa shape index (κ3) is 5.44. The summed E-state index contributed by atoms with van der Waals surface area (Å²) in [6.07, 6.45) is 5.69. The Morgan fingerprint density at radius 3 is 2.44 bits per heavy atom. The molecule has 1 aliphatic carbocycles. The van der Waals surface area contributed by atoms with Gasteiger partial charge in [0.25, 0.3) is 5.91 Å². The predicted octanol–water partition coefficient (Wildman–Crippen LogP) is 3.09. The number of amides is 2. The van der Waals surface area contributed by atoms with Crippen molar-refractivity contribution >= 4 is 11.8 Å². The van der Waals surface area contributed by atoms with Crippen molar-refractivity contribution in [1.29, 1.82) is 0 Å².